The van der Waals surface area contributed by atoms with Crippen molar-refractivity contribution in [2.45, 2.75) is 38.0 Å². The number of alkyl halides is 3. The topological polar surface area (TPSA) is 70.3 Å². The molecule has 0 aromatic heterocycles. The van der Waals surface area contributed by atoms with Crippen molar-refractivity contribution in [2.75, 3.05) is 0 Å². The van der Waals surface area contributed by atoms with Gasteiger partial charge in [0.25, 0.3) is 0 Å². The van der Waals surface area contributed by atoms with Crippen molar-refractivity contribution in [3.05, 3.63) is 41.5 Å². The third kappa shape index (κ3) is 3.59. The number of rotatable bonds is 3. The van der Waals surface area contributed by atoms with E-state index < -0.39 is 18.1 Å². The third-order valence-corrected chi connectivity index (χ3v) is 4.77. The minimum atomic E-state index is -4.17. The number of hydrogen-bond acceptors (Lipinski definition) is 3. The fourth-order valence-electron chi connectivity index (χ4n) is 3.34. The van der Waals surface area contributed by atoms with Crippen molar-refractivity contribution >= 4 is 16.7 Å². The minimum absolute atomic E-state index is 0.0195. The molecule has 1 fully saturated rings. The number of aromatic carboxylic acids is 1. The lowest BCUT2D eigenvalue weighted by Gasteiger charge is -2.30. The Kier molecular flexibility index (Phi) is 4.77. The second kappa shape index (κ2) is 6.87. The van der Waals surface area contributed by atoms with Crippen molar-refractivity contribution in [3.63, 3.8) is 0 Å². The fourth-order valence-corrected chi connectivity index (χ4v) is 3.34. The van der Waals surface area contributed by atoms with Gasteiger partial charge in [-0.15, -0.1) is 0 Å². The van der Waals surface area contributed by atoms with Crippen LogP contribution < -0.4 is 4.74 Å². The van der Waals surface area contributed by atoms with E-state index in [2.05, 4.69) is 6.07 Å². The summed E-state index contributed by atoms with van der Waals surface area (Å²) in [7, 11) is 0. The maximum atomic E-state index is 12.8. The molecule has 0 aliphatic heterocycles. The molecule has 1 aliphatic carbocycles. The van der Waals surface area contributed by atoms with Gasteiger partial charge in [-0.2, -0.15) is 18.4 Å². The van der Waals surface area contributed by atoms with Crippen molar-refractivity contribution < 1.29 is 27.8 Å². The van der Waals surface area contributed by atoms with Gasteiger partial charge in [-0.05, 0) is 49.3 Å². The zero-order valence-corrected chi connectivity index (χ0v) is 13.7. The van der Waals surface area contributed by atoms with Crippen LogP contribution in [0.4, 0.5) is 13.2 Å². The van der Waals surface area contributed by atoms with Gasteiger partial charge in [0.1, 0.15) is 17.4 Å². The van der Waals surface area contributed by atoms with Crippen molar-refractivity contribution in [3.8, 4) is 11.8 Å². The molecule has 0 bridgehead atoms. The summed E-state index contributed by atoms with van der Waals surface area (Å²) in [5.74, 6) is -2.03. The van der Waals surface area contributed by atoms with Gasteiger partial charge in [-0.25, -0.2) is 4.79 Å². The zero-order valence-electron chi connectivity index (χ0n) is 13.7. The molecule has 0 atom stereocenters. The number of nitrogens with zero attached hydrogens (tertiary/aromatic N) is 1. The van der Waals surface area contributed by atoms with Crippen molar-refractivity contribution in [1.29, 1.82) is 5.26 Å². The monoisotopic (exact) mass is 363 g/mol. The van der Waals surface area contributed by atoms with Crippen LogP contribution in [-0.2, 0) is 0 Å². The normalized spacial score (nSPS) is 20.5. The first-order valence-electron chi connectivity index (χ1n) is 8.23. The minimum Gasteiger partial charge on any atom is -0.489 e. The number of carbonyl (C=O) groups is 1. The largest absolute Gasteiger partial charge is 0.489 e. The fraction of sp³-hybridized carbons (Fsp3) is 0.368. The summed E-state index contributed by atoms with van der Waals surface area (Å²) in [6.45, 7) is 0. The molecule has 1 aliphatic rings. The van der Waals surface area contributed by atoms with Crippen LogP contribution in [0.25, 0.3) is 10.8 Å². The molecule has 3 rings (SSSR count). The maximum Gasteiger partial charge on any atom is 0.391 e. The van der Waals surface area contributed by atoms with Crippen LogP contribution >= 0.6 is 0 Å². The summed E-state index contributed by atoms with van der Waals surface area (Å²) in [5, 5.41) is 19.7. The number of ether oxygens (including phenoxy) is 1. The van der Waals surface area contributed by atoms with Crippen LogP contribution in [0, 0.1) is 17.2 Å². The van der Waals surface area contributed by atoms with E-state index in [1.54, 1.807) is 18.2 Å². The molecule has 0 unspecified atom stereocenters. The Morgan fingerprint density at radius 3 is 2.42 bits per heavy atom. The second-order valence-corrected chi connectivity index (χ2v) is 6.42. The molecule has 0 amide bonds. The van der Waals surface area contributed by atoms with Gasteiger partial charge < -0.3 is 9.84 Å². The molecule has 1 N–H and O–H groups in total. The van der Waals surface area contributed by atoms with Gasteiger partial charge in [-0.3, -0.25) is 0 Å². The predicted molar refractivity (Wildman–Crippen MR) is 88.1 cm³/mol. The Labute approximate surface area is 147 Å². The molecular formula is C19H16F3NO3. The highest BCUT2D eigenvalue weighted by molar-refractivity contribution is 5.97. The number of halogens is 3. The Morgan fingerprint density at radius 1 is 1.15 bits per heavy atom. The van der Waals surface area contributed by atoms with Crippen LogP contribution in [-0.4, -0.2) is 23.4 Å². The van der Waals surface area contributed by atoms with Crippen molar-refractivity contribution in [1.82, 2.24) is 0 Å². The molecule has 0 heterocycles. The number of carboxylic acids is 1. The number of benzene rings is 2. The van der Waals surface area contributed by atoms with Gasteiger partial charge in [0.05, 0.1) is 17.6 Å². The zero-order chi connectivity index (χ0) is 18.9. The highest BCUT2D eigenvalue weighted by Crippen LogP contribution is 2.39. The average Bonchev–Trinajstić information content (AvgIpc) is 2.60. The van der Waals surface area contributed by atoms with Gasteiger partial charge in [-0.1, -0.05) is 12.1 Å². The first-order valence-corrected chi connectivity index (χ1v) is 8.23. The van der Waals surface area contributed by atoms with E-state index in [1.165, 1.54) is 12.1 Å². The quantitative estimate of drug-likeness (QED) is 0.841. The Bertz CT molecular complexity index is 878. The Hall–Kier alpha value is -2.75. The molecule has 2 aromatic carbocycles. The molecule has 26 heavy (non-hydrogen) atoms. The van der Waals surface area contributed by atoms with Crippen LogP contribution in [0.15, 0.2) is 30.3 Å². The number of nitriles is 1. The molecule has 0 spiro atoms. The first kappa shape index (κ1) is 18.1. The summed E-state index contributed by atoms with van der Waals surface area (Å²) in [6.07, 6.45) is -3.93. The van der Waals surface area contributed by atoms with Crippen molar-refractivity contribution in [2.24, 2.45) is 5.92 Å². The smallest absolute Gasteiger partial charge is 0.391 e. The lowest BCUT2D eigenvalue weighted by molar-refractivity contribution is -0.185. The summed E-state index contributed by atoms with van der Waals surface area (Å²) >= 11 is 0. The molecular weight excluding hydrogens is 347 g/mol. The van der Waals surface area contributed by atoms with Crippen LogP contribution in [0.1, 0.15) is 41.6 Å². The van der Waals surface area contributed by atoms with Gasteiger partial charge in [0, 0.05) is 5.39 Å². The standard InChI is InChI=1S/C19H16F3NO3/c20-19(21,22)13-3-5-14(6-4-13)26-17-8-2-11-9-12(18(24)25)1-7-15(11)16(17)10-23/h1-2,7-9,13-14H,3-6H2,(H,24,25). The van der Waals surface area contributed by atoms with E-state index in [1.807, 2.05) is 0 Å². The van der Waals surface area contributed by atoms with E-state index >= 15 is 0 Å². The number of fused-ring (bicyclic) bond motifs is 1. The lowest BCUT2D eigenvalue weighted by Crippen LogP contribution is -2.32. The lowest BCUT2D eigenvalue weighted by atomic mass is 9.87. The number of carboxylic acid groups (broad SMARTS) is 1. The van der Waals surface area contributed by atoms with Crippen LogP contribution in [0.2, 0.25) is 0 Å². The Balaban J connectivity index is 1.82. The summed E-state index contributed by atoms with van der Waals surface area (Å²) < 4.78 is 44.1. The third-order valence-electron chi connectivity index (χ3n) is 4.77. The SMILES string of the molecule is N#Cc1c(OC2CCC(C(F)(F)F)CC2)ccc2cc(C(=O)O)ccc12. The maximum absolute atomic E-state index is 12.8. The van der Waals surface area contributed by atoms with Gasteiger partial charge in [0.2, 0.25) is 0 Å². The highest BCUT2D eigenvalue weighted by Gasteiger charge is 2.41. The Morgan fingerprint density at radius 2 is 1.85 bits per heavy atom. The van der Waals surface area contributed by atoms with E-state index in [9.17, 15) is 23.2 Å². The first-order chi connectivity index (χ1) is 12.3. The summed E-state index contributed by atoms with van der Waals surface area (Å²) in [6, 6.07) is 9.70. The van der Waals surface area contributed by atoms with Crippen LogP contribution in [0.3, 0.4) is 0 Å². The molecule has 7 heteroatoms. The van der Waals surface area contributed by atoms with E-state index in [-0.39, 0.29) is 42.9 Å². The molecule has 2 aromatic rings. The van der Waals surface area contributed by atoms with Gasteiger partial charge >= 0.3 is 12.1 Å². The molecule has 0 radical (unpaired) electrons. The molecule has 1 saturated carbocycles. The van der Waals surface area contributed by atoms with Crippen LogP contribution in [0.5, 0.6) is 5.75 Å². The predicted octanol–water partition coefficient (Wildman–Crippen LogP) is 4.91. The molecule has 0 saturated heterocycles. The van der Waals surface area contributed by atoms with E-state index in [4.69, 9.17) is 9.84 Å². The number of hydrogen-bond donors (Lipinski definition) is 1. The molecule has 4 nitrogen and oxygen atoms in total. The highest BCUT2D eigenvalue weighted by atomic mass is 19.4. The average molecular weight is 363 g/mol. The second-order valence-electron chi connectivity index (χ2n) is 6.42. The van der Waals surface area contributed by atoms with Gasteiger partial charge in [0.15, 0.2) is 0 Å². The summed E-state index contributed by atoms with van der Waals surface area (Å²) in [5.41, 5.74) is 0.373. The summed E-state index contributed by atoms with van der Waals surface area (Å²) in [4.78, 5) is 11.1. The molecule has 136 valence electrons. The van der Waals surface area contributed by atoms with E-state index in [0.29, 0.717) is 16.5 Å². The van der Waals surface area contributed by atoms with E-state index in [0.717, 1.165) is 0 Å².